The molecule has 0 radical (unpaired) electrons. The number of nitrogens with one attached hydrogen (secondary N) is 1. The van der Waals surface area contributed by atoms with Gasteiger partial charge in [0.05, 0.1) is 5.92 Å². The third-order valence-electron chi connectivity index (χ3n) is 3.50. The third-order valence-corrected chi connectivity index (χ3v) is 3.50. The van der Waals surface area contributed by atoms with E-state index in [4.69, 9.17) is 5.11 Å². The number of carboxylic acids is 1. The lowest BCUT2D eigenvalue weighted by molar-refractivity contribution is -0.141. The van der Waals surface area contributed by atoms with Gasteiger partial charge >= 0.3 is 12.0 Å². The molecule has 0 saturated heterocycles. The van der Waals surface area contributed by atoms with Crippen LogP contribution in [0.15, 0.2) is 12.2 Å². The fraction of sp³-hybridized carbons (Fsp3) is 0.714. The molecular formula is C14H24N2O3. The van der Waals surface area contributed by atoms with E-state index in [1.54, 1.807) is 11.8 Å². The van der Waals surface area contributed by atoms with Crippen molar-refractivity contribution in [3.05, 3.63) is 12.2 Å². The second-order valence-electron chi connectivity index (χ2n) is 5.11. The predicted molar refractivity (Wildman–Crippen MR) is 73.9 cm³/mol. The molecular weight excluding hydrogens is 244 g/mol. The summed E-state index contributed by atoms with van der Waals surface area (Å²) in [7, 11) is 0. The van der Waals surface area contributed by atoms with Crippen LogP contribution < -0.4 is 5.32 Å². The number of allylic oxidation sites excluding steroid dienone is 2. The van der Waals surface area contributed by atoms with Crippen molar-refractivity contribution in [2.24, 2.45) is 11.8 Å². The van der Waals surface area contributed by atoms with Crippen LogP contribution in [0.25, 0.3) is 0 Å². The second kappa shape index (κ2) is 7.81. The zero-order chi connectivity index (χ0) is 14.3. The van der Waals surface area contributed by atoms with Crippen LogP contribution in [0, 0.1) is 11.8 Å². The number of carboxylic acid groups (broad SMARTS) is 1. The van der Waals surface area contributed by atoms with Gasteiger partial charge in [0.15, 0.2) is 0 Å². The van der Waals surface area contributed by atoms with Crippen LogP contribution in [-0.4, -0.2) is 41.6 Å². The van der Waals surface area contributed by atoms with Gasteiger partial charge in [-0.25, -0.2) is 4.79 Å². The van der Waals surface area contributed by atoms with E-state index < -0.39 is 11.9 Å². The minimum Gasteiger partial charge on any atom is -0.481 e. The molecule has 5 heteroatoms. The number of carbonyl (C=O) groups is 2. The quantitative estimate of drug-likeness (QED) is 0.725. The summed E-state index contributed by atoms with van der Waals surface area (Å²) in [6.07, 6.45) is 7.52. The van der Waals surface area contributed by atoms with Crippen molar-refractivity contribution in [2.45, 2.75) is 33.1 Å². The number of nitrogens with zero attached hydrogens (tertiary/aromatic N) is 1. The van der Waals surface area contributed by atoms with Crippen LogP contribution in [0.3, 0.4) is 0 Å². The normalized spacial score (nSPS) is 19.8. The monoisotopic (exact) mass is 268 g/mol. The standard InChI is InChI=1S/C14H24N2O3/c1-3-16(10-11(2)13(17)18)14(19)15-9-12-7-5-4-6-8-12/h4-5,11-12H,3,6-10H2,1-2H3,(H,15,19)(H,17,18). The maximum atomic E-state index is 12.0. The van der Waals surface area contributed by atoms with E-state index in [-0.39, 0.29) is 12.6 Å². The Morgan fingerprint density at radius 3 is 2.74 bits per heavy atom. The molecule has 1 rings (SSSR count). The summed E-state index contributed by atoms with van der Waals surface area (Å²) < 4.78 is 0. The number of aliphatic carboxylic acids is 1. The Morgan fingerprint density at radius 2 is 2.21 bits per heavy atom. The Hall–Kier alpha value is -1.52. The van der Waals surface area contributed by atoms with Crippen LogP contribution in [0.1, 0.15) is 33.1 Å². The van der Waals surface area contributed by atoms with Crippen molar-refractivity contribution < 1.29 is 14.7 Å². The van der Waals surface area contributed by atoms with E-state index in [1.807, 2.05) is 6.92 Å². The number of carbonyl (C=O) groups excluding carboxylic acids is 1. The molecule has 5 nitrogen and oxygen atoms in total. The Balaban J connectivity index is 2.36. The molecule has 1 aliphatic carbocycles. The SMILES string of the molecule is CCN(CC(C)C(=O)O)C(=O)NCC1CC=CCC1. The summed E-state index contributed by atoms with van der Waals surface area (Å²) in [4.78, 5) is 24.3. The topological polar surface area (TPSA) is 69.6 Å². The minimum atomic E-state index is -0.872. The molecule has 0 heterocycles. The lowest BCUT2D eigenvalue weighted by Gasteiger charge is -2.25. The summed E-state index contributed by atoms with van der Waals surface area (Å²) in [6, 6.07) is -0.162. The van der Waals surface area contributed by atoms with Crippen molar-refractivity contribution >= 4 is 12.0 Å². The van der Waals surface area contributed by atoms with Crippen molar-refractivity contribution in [2.75, 3.05) is 19.6 Å². The van der Waals surface area contributed by atoms with E-state index in [0.29, 0.717) is 19.0 Å². The summed E-state index contributed by atoms with van der Waals surface area (Å²) >= 11 is 0. The fourth-order valence-electron chi connectivity index (χ4n) is 2.15. The maximum Gasteiger partial charge on any atom is 0.317 e. The zero-order valence-corrected chi connectivity index (χ0v) is 11.8. The first-order valence-corrected chi connectivity index (χ1v) is 6.95. The van der Waals surface area contributed by atoms with Gasteiger partial charge in [-0.05, 0) is 32.1 Å². The number of urea groups is 1. The van der Waals surface area contributed by atoms with E-state index >= 15 is 0 Å². The molecule has 0 aliphatic heterocycles. The first-order chi connectivity index (χ1) is 9.04. The van der Waals surface area contributed by atoms with E-state index in [1.165, 1.54) is 0 Å². The maximum absolute atomic E-state index is 12.0. The van der Waals surface area contributed by atoms with Crippen LogP contribution in [-0.2, 0) is 4.79 Å². The van der Waals surface area contributed by atoms with Crippen molar-refractivity contribution in [1.29, 1.82) is 0 Å². The third kappa shape index (κ3) is 5.32. The molecule has 1 aliphatic rings. The van der Waals surface area contributed by atoms with Gasteiger partial charge in [-0.1, -0.05) is 19.1 Å². The lowest BCUT2D eigenvalue weighted by atomic mass is 9.94. The highest BCUT2D eigenvalue weighted by molar-refractivity contribution is 5.75. The summed E-state index contributed by atoms with van der Waals surface area (Å²) in [6.45, 7) is 4.92. The Bertz CT molecular complexity index is 342. The van der Waals surface area contributed by atoms with Crippen LogP contribution >= 0.6 is 0 Å². The van der Waals surface area contributed by atoms with Crippen LogP contribution in [0.2, 0.25) is 0 Å². The van der Waals surface area contributed by atoms with Gasteiger partial charge in [0.25, 0.3) is 0 Å². The van der Waals surface area contributed by atoms with Crippen molar-refractivity contribution in [3.8, 4) is 0 Å². The van der Waals surface area contributed by atoms with Crippen molar-refractivity contribution in [1.82, 2.24) is 10.2 Å². The zero-order valence-electron chi connectivity index (χ0n) is 11.8. The van der Waals surface area contributed by atoms with E-state index in [9.17, 15) is 9.59 Å². The molecule has 2 N–H and O–H groups in total. The second-order valence-corrected chi connectivity index (χ2v) is 5.11. The van der Waals surface area contributed by atoms with Gasteiger partial charge in [0.1, 0.15) is 0 Å². The molecule has 0 aromatic heterocycles. The highest BCUT2D eigenvalue weighted by atomic mass is 16.4. The van der Waals surface area contributed by atoms with Gasteiger partial charge in [0, 0.05) is 19.6 Å². The number of amides is 2. The number of hydrogen-bond donors (Lipinski definition) is 2. The van der Waals surface area contributed by atoms with Gasteiger partial charge in [-0.2, -0.15) is 0 Å². The molecule has 0 aromatic rings. The van der Waals surface area contributed by atoms with Gasteiger partial charge in [-0.3, -0.25) is 4.79 Å². The molecule has 0 fully saturated rings. The van der Waals surface area contributed by atoms with E-state index in [2.05, 4.69) is 17.5 Å². The molecule has 19 heavy (non-hydrogen) atoms. The first-order valence-electron chi connectivity index (χ1n) is 6.95. The molecule has 2 atom stereocenters. The largest absolute Gasteiger partial charge is 0.481 e. The fourth-order valence-corrected chi connectivity index (χ4v) is 2.15. The minimum absolute atomic E-state index is 0.162. The Kier molecular flexibility index (Phi) is 6.39. The van der Waals surface area contributed by atoms with Crippen LogP contribution in [0.4, 0.5) is 4.79 Å². The Morgan fingerprint density at radius 1 is 1.47 bits per heavy atom. The smallest absolute Gasteiger partial charge is 0.317 e. The highest BCUT2D eigenvalue weighted by Gasteiger charge is 2.20. The highest BCUT2D eigenvalue weighted by Crippen LogP contribution is 2.16. The van der Waals surface area contributed by atoms with E-state index in [0.717, 1.165) is 19.3 Å². The van der Waals surface area contributed by atoms with Gasteiger partial charge in [-0.15, -0.1) is 0 Å². The average molecular weight is 268 g/mol. The molecule has 0 spiro atoms. The molecule has 0 aromatic carbocycles. The summed E-state index contributed by atoms with van der Waals surface area (Å²) in [5, 5.41) is 11.8. The van der Waals surface area contributed by atoms with Crippen LogP contribution in [0.5, 0.6) is 0 Å². The molecule has 0 saturated carbocycles. The lowest BCUT2D eigenvalue weighted by Crippen LogP contribution is -2.44. The molecule has 2 unspecified atom stereocenters. The average Bonchev–Trinajstić information content (AvgIpc) is 2.42. The number of rotatable bonds is 6. The van der Waals surface area contributed by atoms with Crippen molar-refractivity contribution in [3.63, 3.8) is 0 Å². The first kappa shape index (κ1) is 15.5. The Labute approximate surface area is 114 Å². The molecule has 2 amide bonds. The summed E-state index contributed by atoms with van der Waals surface area (Å²) in [5.41, 5.74) is 0. The predicted octanol–water partition coefficient (Wildman–Crippen LogP) is 2.09. The molecule has 0 bridgehead atoms. The van der Waals surface area contributed by atoms with Gasteiger partial charge in [0.2, 0.25) is 0 Å². The summed E-state index contributed by atoms with van der Waals surface area (Å²) in [5.74, 6) is -0.906. The molecule has 108 valence electrons. The number of hydrogen-bond acceptors (Lipinski definition) is 2. The van der Waals surface area contributed by atoms with Gasteiger partial charge < -0.3 is 15.3 Å².